The third kappa shape index (κ3) is 5.41. The summed E-state index contributed by atoms with van der Waals surface area (Å²) in [5, 5.41) is 0. The molecule has 0 heterocycles. The molecule has 0 spiro atoms. The van der Waals surface area contributed by atoms with Crippen molar-refractivity contribution >= 4 is 0 Å². The number of benzene rings is 2. The van der Waals surface area contributed by atoms with Crippen molar-refractivity contribution in [1.29, 1.82) is 0 Å². The van der Waals surface area contributed by atoms with Gasteiger partial charge in [0.05, 0.1) is 5.56 Å². The summed E-state index contributed by atoms with van der Waals surface area (Å²) in [6.07, 6.45) is 12.3. The number of rotatable bonds is 5. The maximum absolute atomic E-state index is 15.0. The van der Waals surface area contributed by atoms with Crippen molar-refractivity contribution in [3.05, 3.63) is 89.3 Å². The van der Waals surface area contributed by atoms with Gasteiger partial charge in [-0.3, -0.25) is 0 Å². The Bertz CT molecular complexity index is 1120. The second kappa shape index (κ2) is 11.0. The normalized spacial score (nSPS) is 24.2. The molecule has 0 amide bonds. The van der Waals surface area contributed by atoms with E-state index in [4.69, 9.17) is 4.74 Å². The minimum absolute atomic E-state index is 0.0891. The molecule has 2 aliphatic rings. The average molecular weight is 465 g/mol. The molecule has 2 fully saturated rings. The van der Waals surface area contributed by atoms with E-state index in [-0.39, 0.29) is 29.7 Å². The average Bonchev–Trinajstić information content (AvgIpc) is 2.85. The van der Waals surface area contributed by atoms with Crippen molar-refractivity contribution in [3.63, 3.8) is 0 Å². The highest BCUT2D eigenvalue weighted by Gasteiger charge is 2.35. The molecular formula is C30H31F3O. The third-order valence-electron chi connectivity index (χ3n) is 7.39. The van der Waals surface area contributed by atoms with Gasteiger partial charge in [0.2, 0.25) is 5.82 Å². The molecule has 4 heteroatoms. The molecule has 2 aromatic carbocycles. The summed E-state index contributed by atoms with van der Waals surface area (Å²) in [4.78, 5) is 0. The Kier molecular flexibility index (Phi) is 7.83. The van der Waals surface area contributed by atoms with Crippen LogP contribution < -0.4 is 4.74 Å². The monoisotopic (exact) mass is 464 g/mol. The smallest absolute Gasteiger partial charge is 0.201 e. The Balaban J connectivity index is 1.45. The second-order valence-electron chi connectivity index (χ2n) is 9.44. The third-order valence-corrected chi connectivity index (χ3v) is 7.39. The molecule has 2 aromatic rings. The number of halogens is 3. The SMILES string of the molecule is C=CC1CCC2CC(c3ccc(C#Cc4ccc(OC/C=C/C)c(F)c4F)cc3F)CCC2C1. The summed E-state index contributed by atoms with van der Waals surface area (Å²) in [5.74, 6) is 5.08. The van der Waals surface area contributed by atoms with Gasteiger partial charge in [-0.15, -0.1) is 6.58 Å². The molecule has 4 atom stereocenters. The van der Waals surface area contributed by atoms with Crippen molar-refractivity contribution in [2.75, 3.05) is 6.61 Å². The van der Waals surface area contributed by atoms with Crippen LogP contribution in [0.1, 0.15) is 68.1 Å². The Hall–Kier alpha value is -2.93. The fourth-order valence-corrected chi connectivity index (χ4v) is 5.47. The highest BCUT2D eigenvalue weighted by Crippen LogP contribution is 2.48. The van der Waals surface area contributed by atoms with Gasteiger partial charge < -0.3 is 4.74 Å². The lowest BCUT2D eigenvalue weighted by molar-refractivity contribution is 0.132. The predicted octanol–water partition coefficient (Wildman–Crippen LogP) is 7.94. The van der Waals surface area contributed by atoms with Gasteiger partial charge in [-0.05, 0) is 98.9 Å². The summed E-state index contributed by atoms with van der Waals surface area (Å²) in [5.41, 5.74) is 1.10. The predicted molar refractivity (Wildman–Crippen MR) is 130 cm³/mol. The second-order valence-corrected chi connectivity index (χ2v) is 9.44. The molecule has 0 radical (unpaired) electrons. The molecule has 178 valence electrons. The van der Waals surface area contributed by atoms with Crippen LogP contribution >= 0.6 is 0 Å². The molecule has 1 nitrogen and oxygen atoms in total. The Morgan fingerprint density at radius 2 is 1.76 bits per heavy atom. The van der Waals surface area contributed by atoms with Crippen LogP contribution in [-0.2, 0) is 0 Å². The molecule has 4 rings (SSSR count). The van der Waals surface area contributed by atoms with Gasteiger partial charge in [0.25, 0.3) is 0 Å². The first kappa shape index (κ1) is 24.2. The fourth-order valence-electron chi connectivity index (χ4n) is 5.47. The van der Waals surface area contributed by atoms with Crippen LogP contribution in [0.4, 0.5) is 13.2 Å². The summed E-state index contributed by atoms with van der Waals surface area (Å²) in [6.45, 7) is 5.92. The lowest BCUT2D eigenvalue weighted by Crippen LogP contribution is -2.30. The summed E-state index contributed by atoms with van der Waals surface area (Å²) < 4.78 is 48.8. The Morgan fingerprint density at radius 3 is 2.53 bits per heavy atom. The molecule has 0 aromatic heterocycles. The standard InChI is InChI=1S/C30H31F3O/c1-3-5-16-34-28-15-13-22(29(32)30(28)33)9-7-21-8-14-26(27(31)18-21)25-12-11-23-17-20(4-2)6-10-24(23)19-25/h3-5,8,13-15,18,20,23-25H,2,6,10-12,16-17,19H2,1H3/b5-3+. The van der Waals surface area contributed by atoms with Crippen LogP contribution in [0.25, 0.3) is 0 Å². The van der Waals surface area contributed by atoms with Gasteiger partial charge in [0.15, 0.2) is 11.6 Å². The zero-order valence-corrected chi connectivity index (χ0v) is 19.6. The van der Waals surface area contributed by atoms with E-state index < -0.39 is 11.6 Å². The van der Waals surface area contributed by atoms with Crippen LogP contribution in [-0.4, -0.2) is 6.61 Å². The molecule has 2 aliphatic carbocycles. The first-order chi connectivity index (χ1) is 16.5. The molecular weight excluding hydrogens is 433 g/mol. The van der Waals surface area contributed by atoms with E-state index in [1.165, 1.54) is 37.5 Å². The van der Waals surface area contributed by atoms with E-state index in [1.807, 2.05) is 13.0 Å². The van der Waals surface area contributed by atoms with Crippen molar-refractivity contribution in [3.8, 4) is 17.6 Å². The maximum atomic E-state index is 15.0. The van der Waals surface area contributed by atoms with Crippen molar-refractivity contribution in [2.24, 2.45) is 17.8 Å². The first-order valence-corrected chi connectivity index (χ1v) is 12.2. The summed E-state index contributed by atoms with van der Waals surface area (Å²) in [6, 6.07) is 7.73. The lowest BCUT2D eigenvalue weighted by atomic mass is 9.64. The number of fused-ring (bicyclic) bond motifs is 1. The summed E-state index contributed by atoms with van der Waals surface area (Å²) >= 11 is 0. The van der Waals surface area contributed by atoms with Crippen LogP contribution in [0, 0.1) is 47.0 Å². The van der Waals surface area contributed by atoms with Gasteiger partial charge in [-0.1, -0.05) is 36.1 Å². The van der Waals surface area contributed by atoms with Gasteiger partial charge in [-0.25, -0.2) is 8.78 Å². The van der Waals surface area contributed by atoms with Crippen LogP contribution in [0.3, 0.4) is 0 Å². The number of ether oxygens (including phenoxy) is 1. The number of hydrogen-bond donors (Lipinski definition) is 0. The van der Waals surface area contributed by atoms with E-state index in [9.17, 15) is 8.78 Å². The van der Waals surface area contributed by atoms with E-state index in [2.05, 4.69) is 24.5 Å². The van der Waals surface area contributed by atoms with Crippen molar-refractivity contribution in [2.45, 2.75) is 51.4 Å². The van der Waals surface area contributed by atoms with E-state index in [0.29, 0.717) is 17.4 Å². The number of hydrogen-bond acceptors (Lipinski definition) is 1. The van der Waals surface area contributed by atoms with Gasteiger partial charge >= 0.3 is 0 Å². The maximum Gasteiger partial charge on any atom is 0.201 e. The minimum Gasteiger partial charge on any atom is -0.486 e. The van der Waals surface area contributed by atoms with Gasteiger partial charge in [-0.2, -0.15) is 4.39 Å². The molecule has 4 unspecified atom stereocenters. The Labute approximate surface area is 200 Å². The topological polar surface area (TPSA) is 9.23 Å². The lowest BCUT2D eigenvalue weighted by Gasteiger charge is -2.41. The first-order valence-electron chi connectivity index (χ1n) is 12.2. The van der Waals surface area contributed by atoms with Gasteiger partial charge in [0, 0.05) is 5.56 Å². The Morgan fingerprint density at radius 1 is 0.971 bits per heavy atom. The summed E-state index contributed by atoms with van der Waals surface area (Å²) in [7, 11) is 0. The van der Waals surface area contributed by atoms with Crippen LogP contribution in [0.5, 0.6) is 5.75 Å². The molecule has 0 saturated heterocycles. The highest BCUT2D eigenvalue weighted by atomic mass is 19.2. The van der Waals surface area contributed by atoms with E-state index >= 15 is 4.39 Å². The molecule has 0 aliphatic heterocycles. The van der Waals surface area contributed by atoms with Crippen LogP contribution in [0.15, 0.2) is 55.1 Å². The van der Waals surface area contributed by atoms with Crippen molar-refractivity contribution < 1.29 is 17.9 Å². The van der Waals surface area contributed by atoms with E-state index in [1.54, 1.807) is 18.2 Å². The minimum atomic E-state index is -1.07. The highest BCUT2D eigenvalue weighted by molar-refractivity contribution is 5.46. The molecule has 0 bridgehead atoms. The zero-order chi connectivity index (χ0) is 24.1. The zero-order valence-electron chi connectivity index (χ0n) is 19.6. The molecule has 0 N–H and O–H groups in total. The van der Waals surface area contributed by atoms with Gasteiger partial charge in [0.1, 0.15) is 12.4 Å². The largest absolute Gasteiger partial charge is 0.486 e. The quantitative estimate of drug-likeness (QED) is 0.322. The van der Waals surface area contributed by atoms with E-state index in [0.717, 1.165) is 30.7 Å². The fraction of sp³-hybridized carbons (Fsp3) is 0.400. The number of allylic oxidation sites excluding steroid dienone is 2. The molecule has 34 heavy (non-hydrogen) atoms. The van der Waals surface area contributed by atoms with Crippen LogP contribution in [0.2, 0.25) is 0 Å². The van der Waals surface area contributed by atoms with Crippen molar-refractivity contribution in [1.82, 2.24) is 0 Å². The molecule has 2 saturated carbocycles.